The lowest BCUT2D eigenvalue weighted by atomic mass is 9.84. The van der Waals surface area contributed by atoms with Gasteiger partial charge in [0.05, 0.1) is 0 Å². The minimum Gasteiger partial charge on any atom is -0.306 e. The lowest BCUT2D eigenvalue weighted by Gasteiger charge is -2.29. The lowest BCUT2D eigenvalue weighted by Crippen LogP contribution is -2.30. The van der Waals surface area contributed by atoms with Crippen molar-refractivity contribution in [3.05, 3.63) is 0 Å². The largest absolute Gasteiger partial charge is 0.306 e. The van der Waals surface area contributed by atoms with Gasteiger partial charge in [0.15, 0.2) is 0 Å². The van der Waals surface area contributed by atoms with E-state index in [0.717, 1.165) is 23.7 Å². The summed E-state index contributed by atoms with van der Waals surface area (Å²) in [6.45, 7) is 12.0. The van der Waals surface area contributed by atoms with Crippen molar-refractivity contribution >= 4 is 0 Å². The predicted octanol–water partition coefficient (Wildman–Crippen LogP) is 5.99. The molecule has 0 spiro atoms. The zero-order chi connectivity index (χ0) is 15.7. The topological polar surface area (TPSA) is 3.24 Å². The van der Waals surface area contributed by atoms with E-state index in [-0.39, 0.29) is 0 Å². The van der Waals surface area contributed by atoms with Gasteiger partial charge >= 0.3 is 0 Å². The van der Waals surface area contributed by atoms with Crippen LogP contribution in [0.25, 0.3) is 0 Å². The maximum atomic E-state index is 2.44. The van der Waals surface area contributed by atoms with E-state index in [1.54, 1.807) is 0 Å². The molecule has 0 aromatic heterocycles. The van der Waals surface area contributed by atoms with Crippen molar-refractivity contribution < 1.29 is 0 Å². The molecule has 1 aliphatic carbocycles. The molecule has 1 saturated heterocycles. The molecule has 0 N–H and O–H groups in total. The van der Waals surface area contributed by atoms with E-state index in [1.807, 2.05) is 0 Å². The Kier molecular flexibility index (Phi) is 9.64. The average molecular weight is 296 g/mol. The number of rotatable bonds is 4. The first-order chi connectivity index (χ1) is 9.97. The molecule has 2 rings (SSSR count). The zero-order valence-electron chi connectivity index (χ0n) is 15.5. The standard InChI is InChI=1S/C10H21N.C10H20/c1-9(2)8-10-4-6-11(3)7-5-10;1-9(2)8-10-6-4-3-5-7-10/h9-10H,4-8H2,1-3H3;9-10H,3-8H2,1-2H3. The SMILES string of the molecule is CC(C)CC1CCCCC1.CC(C)CC1CCN(C)CC1. The first-order valence-corrected chi connectivity index (χ1v) is 9.66. The molecule has 0 bridgehead atoms. The van der Waals surface area contributed by atoms with E-state index in [4.69, 9.17) is 0 Å². The Morgan fingerprint density at radius 1 is 0.714 bits per heavy atom. The maximum absolute atomic E-state index is 2.44. The smallest absolute Gasteiger partial charge is 0.00191 e. The monoisotopic (exact) mass is 295 g/mol. The Balaban J connectivity index is 0.000000211. The molecule has 126 valence electrons. The van der Waals surface area contributed by atoms with Gasteiger partial charge in [0.25, 0.3) is 0 Å². The van der Waals surface area contributed by atoms with E-state index < -0.39 is 0 Å². The molecule has 0 radical (unpaired) electrons. The Morgan fingerprint density at radius 3 is 1.57 bits per heavy atom. The number of hydrogen-bond donors (Lipinski definition) is 0. The van der Waals surface area contributed by atoms with Crippen molar-refractivity contribution in [1.82, 2.24) is 4.90 Å². The molecule has 0 unspecified atom stereocenters. The second-order valence-electron chi connectivity index (χ2n) is 8.51. The van der Waals surface area contributed by atoms with Crippen LogP contribution < -0.4 is 0 Å². The fourth-order valence-electron chi connectivity index (χ4n) is 4.05. The zero-order valence-corrected chi connectivity index (χ0v) is 15.5. The molecule has 1 nitrogen and oxygen atoms in total. The molecule has 0 atom stereocenters. The Bertz CT molecular complexity index is 232. The van der Waals surface area contributed by atoms with Crippen LogP contribution in [0.2, 0.25) is 0 Å². The van der Waals surface area contributed by atoms with Crippen LogP contribution in [0.15, 0.2) is 0 Å². The van der Waals surface area contributed by atoms with Crippen LogP contribution in [0.3, 0.4) is 0 Å². The highest BCUT2D eigenvalue weighted by atomic mass is 15.1. The molecule has 1 heteroatoms. The van der Waals surface area contributed by atoms with Crippen molar-refractivity contribution in [2.75, 3.05) is 20.1 Å². The normalized spacial score (nSPS) is 22.4. The van der Waals surface area contributed by atoms with Gasteiger partial charge in [-0.3, -0.25) is 0 Å². The molecule has 1 heterocycles. The summed E-state index contributed by atoms with van der Waals surface area (Å²) < 4.78 is 0. The van der Waals surface area contributed by atoms with E-state index in [0.29, 0.717) is 0 Å². The van der Waals surface area contributed by atoms with Crippen molar-refractivity contribution in [2.45, 2.75) is 85.5 Å². The van der Waals surface area contributed by atoms with Crippen LogP contribution in [-0.4, -0.2) is 25.0 Å². The Labute approximate surface area is 134 Å². The molecule has 1 aliphatic heterocycles. The molecule has 21 heavy (non-hydrogen) atoms. The molecule has 0 aromatic carbocycles. The van der Waals surface area contributed by atoms with Gasteiger partial charge in [0, 0.05) is 0 Å². The number of likely N-dealkylation sites (tertiary alicyclic amines) is 1. The van der Waals surface area contributed by atoms with Crippen LogP contribution in [-0.2, 0) is 0 Å². The molecular formula is C20H41N. The maximum Gasteiger partial charge on any atom is -0.00191 e. The predicted molar refractivity (Wildman–Crippen MR) is 95.7 cm³/mol. The van der Waals surface area contributed by atoms with Gasteiger partial charge in [-0.25, -0.2) is 0 Å². The van der Waals surface area contributed by atoms with Crippen molar-refractivity contribution in [3.63, 3.8) is 0 Å². The third-order valence-electron chi connectivity index (χ3n) is 5.17. The van der Waals surface area contributed by atoms with Gasteiger partial charge in [0.1, 0.15) is 0 Å². The summed E-state index contributed by atoms with van der Waals surface area (Å²) in [6.07, 6.45) is 13.3. The van der Waals surface area contributed by atoms with Crippen molar-refractivity contribution in [3.8, 4) is 0 Å². The minimum absolute atomic E-state index is 0.892. The summed E-state index contributed by atoms with van der Waals surface area (Å²) in [4.78, 5) is 2.44. The molecule has 2 aliphatic rings. The highest BCUT2D eigenvalue weighted by Crippen LogP contribution is 2.28. The molecule has 1 saturated carbocycles. The van der Waals surface area contributed by atoms with Gasteiger partial charge in [0.2, 0.25) is 0 Å². The van der Waals surface area contributed by atoms with Gasteiger partial charge in [-0.05, 0) is 69.5 Å². The van der Waals surface area contributed by atoms with Gasteiger partial charge in [-0.15, -0.1) is 0 Å². The minimum atomic E-state index is 0.892. The lowest BCUT2D eigenvalue weighted by molar-refractivity contribution is 0.201. The summed E-state index contributed by atoms with van der Waals surface area (Å²) in [5.74, 6) is 3.91. The Hall–Kier alpha value is -0.0400. The average Bonchev–Trinajstić information content (AvgIpc) is 2.42. The summed E-state index contributed by atoms with van der Waals surface area (Å²) in [5.41, 5.74) is 0. The Morgan fingerprint density at radius 2 is 1.14 bits per heavy atom. The van der Waals surface area contributed by atoms with Crippen LogP contribution >= 0.6 is 0 Å². The quantitative estimate of drug-likeness (QED) is 0.616. The van der Waals surface area contributed by atoms with E-state index >= 15 is 0 Å². The third-order valence-corrected chi connectivity index (χ3v) is 5.17. The summed E-state index contributed by atoms with van der Waals surface area (Å²) in [5, 5.41) is 0. The second kappa shape index (κ2) is 10.6. The third kappa shape index (κ3) is 9.55. The number of nitrogens with zero attached hydrogens (tertiary/aromatic N) is 1. The van der Waals surface area contributed by atoms with Crippen LogP contribution in [0.5, 0.6) is 0 Å². The van der Waals surface area contributed by atoms with E-state index in [1.165, 1.54) is 70.9 Å². The molecule has 2 fully saturated rings. The molecule has 0 amide bonds. The number of hydrogen-bond acceptors (Lipinski definition) is 1. The van der Waals surface area contributed by atoms with E-state index in [2.05, 4.69) is 39.6 Å². The highest BCUT2D eigenvalue weighted by Gasteiger charge is 2.17. The number of piperidine rings is 1. The van der Waals surface area contributed by atoms with Crippen molar-refractivity contribution in [2.24, 2.45) is 23.7 Å². The van der Waals surface area contributed by atoms with Crippen LogP contribution in [0.1, 0.15) is 85.5 Å². The van der Waals surface area contributed by atoms with E-state index in [9.17, 15) is 0 Å². The van der Waals surface area contributed by atoms with Gasteiger partial charge in [-0.1, -0.05) is 59.8 Å². The van der Waals surface area contributed by atoms with Crippen molar-refractivity contribution in [1.29, 1.82) is 0 Å². The first kappa shape index (κ1) is 19.0. The summed E-state index contributed by atoms with van der Waals surface area (Å²) in [7, 11) is 2.23. The summed E-state index contributed by atoms with van der Waals surface area (Å²) >= 11 is 0. The fraction of sp³-hybridized carbons (Fsp3) is 1.00. The van der Waals surface area contributed by atoms with Gasteiger partial charge < -0.3 is 4.90 Å². The molecule has 0 aromatic rings. The summed E-state index contributed by atoms with van der Waals surface area (Å²) in [6, 6.07) is 0. The first-order valence-electron chi connectivity index (χ1n) is 9.66. The highest BCUT2D eigenvalue weighted by molar-refractivity contribution is 4.70. The fourth-order valence-corrected chi connectivity index (χ4v) is 4.05. The second-order valence-corrected chi connectivity index (χ2v) is 8.51. The van der Waals surface area contributed by atoms with Crippen LogP contribution in [0.4, 0.5) is 0 Å². The van der Waals surface area contributed by atoms with Crippen LogP contribution in [0, 0.1) is 23.7 Å². The van der Waals surface area contributed by atoms with Gasteiger partial charge in [-0.2, -0.15) is 0 Å². The molecular weight excluding hydrogens is 254 g/mol.